The van der Waals surface area contributed by atoms with E-state index < -0.39 is 95.9 Å². The largest absolute Gasteiger partial charge is 0.454 e. The topological polar surface area (TPSA) is 267 Å². The van der Waals surface area contributed by atoms with Gasteiger partial charge in [-0.15, -0.1) is 0 Å². The number of aromatic amines is 2. The van der Waals surface area contributed by atoms with Crippen molar-refractivity contribution in [2.75, 3.05) is 28.9 Å². The Hall–Kier alpha value is -3.54. The van der Waals surface area contributed by atoms with Crippen molar-refractivity contribution >= 4 is 46.5 Å². The Balaban J connectivity index is 1.10. The van der Waals surface area contributed by atoms with Crippen LogP contribution in [0.4, 0.5) is 17.5 Å². The molecule has 22 heteroatoms. The van der Waals surface area contributed by atoms with Crippen molar-refractivity contribution in [2.24, 2.45) is 3.15 Å². The summed E-state index contributed by atoms with van der Waals surface area (Å²) in [7, 11) is -4.31. The third-order valence-electron chi connectivity index (χ3n) is 8.20. The number of halogens is 1. The smallest absolute Gasteiger partial charge is 0.406 e. The third-order valence-corrected chi connectivity index (χ3v) is 12.0. The second kappa shape index (κ2) is 13.6. The lowest BCUT2D eigenvalue weighted by atomic mass is 10.2. The molecule has 0 bridgehead atoms. The van der Waals surface area contributed by atoms with Crippen LogP contribution in [0.5, 0.6) is 11.5 Å². The summed E-state index contributed by atoms with van der Waals surface area (Å²) >= 11 is -1.14. The van der Waals surface area contributed by atoms with Crippen LogP contribution < -0.4 is 40.2 Å². The molecule has 0 spiro atoms. The van der Waals surface area contributed by atoms with E-state index in [1.165, 1.54) is 13.1 Å². The fraction of sp³-hybridized carbons (Fsp3) is 0.481. The van der Waals surface area contributed by atoms with Crippen LogP contribution >= 0.6 is 29.1 Å². The predicted octanol–water partition coefficient (Wildman–Crippen LogP) is 0.516. The second-order valence-corrected chi connectivity index (χ2v) is 15.2. The second-order valence-electron chi connectivity index (χ2n) is 11.5. The number of nitrogens with two attached hydrogens (primary N) is 1. The molecule has 0 radical (unpaired) electrons. The summed E-state index contributed by atoms with van der Waals surface area (Å²) in [5, 5.41) is 23.9. The summed E-state index contributed by atoms with van der Waals surface area (Å²) in [4.78, 5) is 45.5. The number of rotatable bonds is 11. The van der Waals surface area contributed by atoms with E-state index in [1.54, 1.807) is 21.3 Å². The molecule has 3 aromatic rings. The Labute approximate surface area is 286 Å². The fourth-order valence-electron chi connectivity index (χ4n) is 5.72. The highest BCUT2D eigenvalue weighted by atomic mass is 127. The highest BCUT2D eigenvalue weighted by molar-refractivity contribution is 14.2. The first kappa shape index (κ1) is 33.9. The molecule has 1 aromatic carbocycles. The number of nitrogen functional groups attached to an aromatic ring is 1. The van der Waals surface area contributed by atoms with Crippen molar-refractivity contribution in [1.29, 1.82) is 0 Å². The minimum absolute atomic E-state index is 0.0109. The molecule has 6 heterocycles. The van der Waals surface area contributed by atoms with Crippen molar-refractivity contribution in [3.63, 3.8) is 0 Å². The van der Waals surface area contributed by atoms with Gasteiger partial charge in [-0.1, -0.05) is 12.1 Å². The van der Waals surface area contributed by atoms with Gasteiger partial charge in [-0.05, 0) is 13.0 Å². The molecule has 0 saturated carbocycles. The number of hydrogen-bond acceptors (Lipinski definition) is 16. The number of aliphatic hydroxyl groups is 2. The van der Waals surface area contributed by atoms with Crippen LogP contribution in [0.2, 0.25) is 0 Å². The predicted molar refractivity (Wildman–Crippen MR) is 177 cm³/mol. The molecule has 20 nitrogen and oxygen atoms in total. The van der Waals surface area contributed by atoms with Gasteiger partial charge < -0.3 is 34.9 Å². The quantitative estimate of drug-likeness (QED) is 0.0875. The highest BCUT2D eigenvalue weighted by Crippen LogP contribution is 2.51. The van der Waals surface area contributed by atoms with Gasteiger partial charge in [0.05, 0.1) is 19.3 Å². The van der Waals surface area contributed by atoms with Gasteiger partial charge in [0.1, 0.15) is 52.1 Å². The number of benzene rings is 1. The number of para-hydroxylation sites is 1. The molecule has 4 aliphatic heterocycles. The number of ether oxygens (including phenoxy) is 4. The number of nitrogens with one attached hydrogen (secondary N) is 3. The lowest BCUT2D eigenvalue weighted by molar-refractivity contribution is -0.0481. The first-order valence-corrected chi connectivity index (χ1v) is 18.5. The van der Waals surface area contributed by atoms with Crippen molar-refractivity contribution in [3.8, 4) is 11.5 Å². The van der Waals surface area contributed by atoms with Gasteiger partial charge in [-0.3, -0.25) is 36.3 Å². The van der Waals surface area contributed by atoms with Gasteiger partial charge in [0, 0.05) is 36.7 Å². The maximum atomic E-state index is 14.5. The van der Waals surface area contributed by atoms with E-state index in [4.69, 9.17) is 33.7 Å². The summed E-state index contributed by atoms with van der Waals surface area (Å²) in [6.45, 7) is 0.568. The van der Waals surface area contributed by atoms with Gasteiger partial charge >= 0.3 is 13.4 Å². The SMILES string of the molecule is Cc1cn([C@H]2CC(O)[C@@H](COP(=O)(NCc3cccc4c3OCO4)OC3CC(N4I=Nc5c4nc(N)[nH]c5=O)O[C@@H]3CO)O2)c(=O)[nH]c1=O. The number of nitrogens with zero attached hydrogens (tertiary/aromatic N) is 4. The van der Waals surface area contributed by atoms with Gasteiger partial charge in [-0.25, -0.2) is 14.4 Å². The highest BCUT2D eigenvalue weighted by Gasteiger charge is 2.46. The molecule has 0 amide bonds. The standard InChI is InChI=1S/C27H32IN8O12P/c1-12-8-35(27(41)33-24(12)39)19-5-14(38)18(47-19)10-45-49(42,30-7-13-3-2-4-15-22(13)44-11-43-15)48-16-6-20(46-17(16)9-37)36-23-21(34-28-36)25(40)32-26(29)31-23/h2-4,8,14,16-20,37-38H,5-7,9-11H2,1H3,(H,30,42)(H,33,39,41)(H3,29,31,32,40)/t14?,16?,17-,18-,19-,20?,49?/m1/s1. The molecule has 4 unspecified atom stereocenters. The Morgan fingerprint density at radius 1 is 1.14 bits per heavy atom. The van der Waals surface area contributed by atoms with Gasteiger partial charge in [0.15, 0.2) is 23.0 Å². The van der Waals surface area contributed by atoms with Crippen LogP contribution in [0.3, 0.4) is 0 Å². The molecule has 7 N–H and O–H groups in total. The molecule has 2 saturated heterocycles. The minimum Gasteiger partial charge on any atom is -0.454 e. The summed E-state index contributed by atoms with van der Waals surface area (Å²) in [5.41, 5.74) is 5.02. The maximum Gasteiger partial charge on any atom is 0.406 e. The van der Waals surface area contributed by atoms with Gasteiger partial charge in [-0.2, -0.15) is 8.13 Å². The number of aromatic nitrogens is 4. The Morgan fingerprint density at radius 3 is 2.78 bits per heavy atom. The normalized spacial score (nSPS) is 26.9. The van der Waals surface area contributed by atoms with E-state index in [0.29, 0.717) is 17.1 Å². The van der Waals surface area contributed by atoms with E-state index in [2.05, 4.69) is 23.2 Å². The van der Waals surface area contributed by atoms with Crippen molar-refractivity contribution in [2.45, 2.75) is 63.2 Å². The minimum atomic E-state index is -4.31. The van der Waals surface area contributed by atoms with E-state index in [1.807, 2.05) is 0 Å². The molecule has 7 rings (SSSR count). The molecular weight excluding hydrogens is 786 g/mol. The zero-order valence-electron chi connectivity index (χ0n) is 25.7. The number of anilines is 2. The van der Waals surface area contributed by atoms with Crippen molar-refractivity contribution in [1.82, 2.24) is 24.6 Å². The lowest BCUT2D eigenvalue weighted by Gasteiger charge is -2.26. The van der Waals surface area contributed by atoms with Crippen LogP contribution in [0, 0.1) is 6.92 Å². The van der Waals surface area contributed by atoms with Gasteiger partial charge in [0.2, 0.25) is 12.7 Å². The van der Waals surface area contributed by atoms with E-state index in [-0.39, 0.29) is 49.2 Å². The van der Waals surface area contributed by atoms with Gasteiger partial charge in [0.25, 0.3) is 11.1 Å². The van der Waals surface area contributed by atoms with E-state index in [9.17, 15) is 29.2 Å². The lowest BCUT2D eigenvalue weighted by Crippen LogP contribution is -2.33. The number of aliphatic hydroxyl groups excluding tert-OH is 2. The number of fused-ring (bicyclic) bond motifs is 2. The number of H-pyrrole nitrogens is 2. The summed E-state index contributed by atoms with van der Waals surface area (Å²) in [5.74, 6) is 1.12. The summed E-state index contributed by atoms with van der Waals surface area (Å²) in [6.07, 6.45) is -4.37. The monoisotopic (exact) mass is 818 g/mol. The Bertz CT molecular complexity index is 2010. The van der Waals surface area contributed by atoms with Crippen LogP contribution in [-0.2, 0) is 29.6 Å². The fourth-order valence-corrected chi connectivity index (χ4v) is 9.29. The van der Waals surface area contributed by atoms with E-state index in [0.717, 1.165) is 4.57 Å². The maximum absolute atomic E-state index is 14.5. The Morgan fingerprint density at radius 2 is 1.96 bits per heavy atom. The molecular formula is C27H32IN8O12P. The van der Waals surface area contributed by atoms with Crippen molar-refractivity contribution in [3.05, 3.63) is 66.7 Å². The summed E-state index contributed by atoms with van der Waals surface area (Å²) < 4.78 is 56.6. The Kier molecular flexibility index (Phi) is 9.45. The zero-order valence-corrected chi connectivity index (χ0v) is 28.7. The van der Waals surface area contributed by atoms with Crippen LogP contribution in [0.15, 0.2) is 41.9 Å². The average Bonchev–Trinajstić information content (AvgIpc) is 3.87. The first-order valence-electron chi connectivity index (χ1n) is 15.0. The third kappa shape index (κ3) is 6.81. The van der Waals surface area contributed by atoms with Crippen LogP contribution in [0.25, 0.3) is 0 Å². The van der Waals surface area contributed by atoms with Crippen LogP contribution in [0.1, 0.15) is 30.2 Å². The van der Waals surface area contributed by atoms with Crippen LogP contribution in [-0.4, -0.2) is 80.4 Å². The molecule has 2 fully saturated rings. The first-order chi connectivity index (χ1) is 23.5. The average molecular weight is 818 g/mol. The molecule has 0 aliphatic carbocycles. The number of hydrogen-bond donors (Lipinski definition) is 6. The number of aryl methyl sites for hydroxylation is 1. The van der Waals surface area contributed by atoms with Crippen molar-refractivity contribution < 1.29 is 42.8 Å². The molecule has 4 aliphatic rings. The molecule has 264 valence electrons. The summed E-state index contributed by atoms with van der Waals surface area (Å²) in [6, 6.07) is 5.21. The molecule has 49 heavy (non-hydrogen) atoms. The zero-order chi connectivity index (χ0) is 34.4. The molecule has 2 aromatic heterocycles. The van der Waals surface area contributed by atoms with E-state index >= 15 is 0 Å². The molecule has 7 atom stereocenters.